The molecule has 5 nitrogen and oxygen atoms in total. The Morgan fingerprint density at radius 3 is 3.04 bits per heavy atom. The smallest absolute Gasteiger partial charge is 0.337 e. The predicted molar refractivity (Wildman–Crippen MR) is 89.3 cm³/mol. The first-order chi connectivity index (χ1) is 11.1. The molecule has 1 atom stereocenters. The Labute approximate surface area is 143 Å². The summed E-state index contributed by atoms with van der Waals surface area (Å²) in [5.41, 5.74) is 1.99. The summed E-state index contributed by atoms with van der Waals surface area (Å²) in [5.74, 6) is -0.944. The van der Waals surface area contributed by atoms with Gasteiger partial charge in [-0.05, 0) is 29.8 Å². The number of aromatic nitrogens is 1. The number of carbonyl (C=O) groups is 1. The summed E-state index contributed by atoms with van der Waals surface area (Å²) in [4.78, 5) is 17.9. The average Bonchev–Trinajstić information content (AvgIpc) is 2.56. The summed E-state index contributed by atoms with van der Waals surface area (Å²) in [5, 5.41) is 9.33. The zero-order chi connectivity index (χ0) is 16.2. The number of nitrogens with zero attached hydrogens (tertiary/aromatic N) is 2. The van der Waals surface area contributed by atoms with Crippen molar-refractivity contribution in [3.05, 3.63) is 63.9 Å². The van der Waals surface area contributed by atoms with Crippen molar-refractivity contribution in [1.29, 1.82) is 0 Å². The van der Waals surface area contributed by atoms with Crippen LogP contribution in [0, 0.1) is 0 Å². The Morgan fingerprint density at radius 2 is 2.26 bits per heavy atom. The minimum absolute atomic E-state index is 0.0879. The van der Waals surface area contributed by atoms with Gasteiger partial charge in [0.15, 0.2) is 0 Å². The van der Waals surface area contributed by atoms with Crippen molar-refractivity contribution in [2.75, 3.05) is 19.8 Å². The van der Waals surface area contributed by atoms with E-state index in [0.717, 1.165) is 16.6 Å². The van der Waals surface area contributed by atoms with Gasteiger partial charge in [0.25, 0.3) is 0 Å². The maximum absolute atomic E-state index is 11.4. The van der Waals surface area contributed by atoms with Crippen LogP contribution >= 0.6 is 15.9 Å². The predicted octanol–water partition coefficient (Wildman–Crippen LogP) is 3.12. The molecule has 0 radical (unpaired) electrons. The molecule has 1 aromatic heterocycles. The minimum Gasteiger partial charge on any atom is -0.478 e. The van der Waals surface area contributed by atoms with E-state index in [1.54, 1.807) is 18.3 Å². The lowest BCUT2D eigenvalue weighted by Gasteiger charge is -2.35. The van der Waals surface area contributed by atoms with Crippen LogP contribution in [-0.4, -0.2) is 40.7 Å². The highest BCUT2D eigenvalue weighted by Gasteiger charge is 2.26. The lowest BCUT2D eigenvalue weighted by atomic mass is 10.0. The summed E-state index contributed by atoms with van der Waals surface area (Å²) in [6.45, 7) is 2.46. The molecule has 1 saturated heterocycles. The lowest BCUT2D eigenvalue weighted by Crippen LogP contribution is -2.39. The molecular weight excluding hydrogens is 360 g/mol. The number of pyridine rings is 1. The van der Waals surface area contributed by atoms with Crippen LogP contribution < -0.4 is 0 Å². The second kappa shape index (κ2) is 7.21. The third-order valence-electron chi connectivity index (χ3n) is 3.95. The van der Waals surface area contributed by atoms with E-state index in [2.05, 4.69) is 37.9 Å². The first-order valence-electron chi connectivity index (χ1n) is 7.39. The van der Waals surface area contributed by atoms with Crippen molar-refractivity contribution in [3.8, 4) is 0 Å². The van der Waals surface area contributed by atoms with E-state index in [4.69, 9.17) is 4.74 Å². The van der Waals surface area contributed by atoms with E-state index in [1.807, 2.05) is 12.1 Å². The van der Waals surface area contributed by atoms with Gasteiger partial charge in [0, 0.05) is 23.8 Å². The second-order valence-corrected chi connectivity index (χ2v) is 6.33. The van der Waals surface area contributed by atoms with E-state index in [1.165, 1.54) is 0 Å². The summed E-state index contributed by atoms with van der Waals surface area (Å²) in [6, 6.07) is 11.5. The molecule has 6 heteroatoms. The van der Waals surface area contributed by atoms with E-state index in [0.29, 0.717) is 25.5 Å². The Morgan fingerprint density at radius 1 is 1.39 bits per heavy atom. The first-order valence-corrected chi connectivity index (χ1v) is 8.19. The molecule has 1 aliphatic heterocycles. The number of rotatable bonds is 4. The highest BCUT2D eigenvalue weighted by atomic mass is 79.9. The fraction of sp³-hybridized carbons (Fsp3) is 0.294. The van der Waals surface area contributed by atoms with Crippen LogP contribution in [-0.2, 0) is 11.3 Å². The molecule has 0 spiro atoms. The molecule has 1 N–H and O–H groups in total. The zero-order valence-electron chi connectivity index (χ0n) is 12.5. The zero-order valence-corrected chi connectivity index (χ0v) is 14.1. The molecule has 23 heavy (non-hydrogen) atoms. The summed E-state index contributed by atoms with van der Waals surface area (Å²) in [7, 11) is 0. The fourth-order valence-corrected chi connectivity index (χ4v) is 3.22. The van der Waals surface area contributed by atoms with Crippen LogP contribution in [0.2, 0.25) is 0 Å². The third-order valence-corrected chi connectivity index (χ3v) is 4.44. The minimum atomic E-state index is -0.944. The van der Waals surface area contributed by atoms with Crippen molar-refractivity contribution in [2.24, 2.45) is 0 Å². The van der Waals surface area contributed by atoms with Crippen LogP contribution in [0.25, 0.3) is 0 Å². The van der Waals surface area contributed by atoms with E-state index in [9.17, 15) is 9.90 Å². The number of benzene rings is 1. The van der Waals surface area contributed by atoms with Gasteiger partial charge in [0.2, 0.25) is 0 Å². The van der Waals surface area contributed by atoms with Gasteiger partial charge < -0.3 is 9.84 Å². The van der Waals surface area contributed by atoms with Crippen LogP contribution in [0.1, 0.15) is 27.7 Å². The number of carboxylic acids is 1. The highest BCUT2D eigenvalue weighted by molar-refractivity contribution is 9.10. The van der Waals surface area contributed by atoms with Crippen LogP contribution in [0.5, 0.6) is 0 Å². The fourth-order valence-electron chi connectivity index (χ4n) is 2.80. The quantitative estimate of drug-likeness (QED) is 0.887. The molecule has 2 heterocycles. The van der Waals surface area contributed by atoms with E-state index >= 15 is 0 Å². The number of ether oxygens (including phenoxy) is 1. The number of carboxylic acid groups (broad SMARTS) is 1. The maximum Gasteiger partial charge on any atom is 0.337 e. The number of hydrogen-bond acceptors (Lipinski definition) is 4. The molecule has 0 amide bonds. The molecule has 1 aromatic carbocycles. The van der Waals surface area contributed by atoms with Gasteiger partial charge in [-0.3, -0.25) is 9.88 Å². The average molecular weight is 377 g/mol. The lowest BCUT2D eigenvalue weighted by molar-refractivity contribution is -0.0134. The number of hydrogen-bond donors (Lipinski definition) is 1. The summed E-state index contributed by atoms with van der Waals surface area (Å²) < 4.78 is 6.65. The number of aromatic carboxylic acids is 1. The van der Waals surface area contributed by atoms with E-state index in [-0.39, 0.29) is 11.6 Å². The molecule has 1 unspecified atom stereocenters. The molecule has 2 aromatic rings. The molecule has 3 rings (SSSR count). The first kappa shape index (κ1) is 16.1. The Hall–Kier alpha value is -1.76. The van der Waals surface area contributed by atoms with Gasteiger partial charge in [-0.1, -0.05) is 28.1 Å². The van der Waals surface area contributed by atoms with Gasteiger partial charge in [0.05, 0.1) is 30.5 Å². The topological polar surface area (TPSA) is 62.7 Å². The Bertz CT molecular complexity index is 708. The van der Waals surface area contributed by atoms with Crippen molar-refractivity contribution in [2.45, 2.75) is 12.6 Å². The van der Waals surface area contributed by atoms with Crippen LogP contribution in [0.4, 0.5) is 0 Å². The molecule has 0 saturated carbocycles. The van der Waals surface area contributed by atoms with Gasteiger partial charge in [-0.15, -0.1) is 0 Å². The summed E-state index contributed by atoms with van der Waals surface area (Å²) >= 11 is 3.50. The third kappa shape index (κ3) is 3.77. The van der Waals surface area contributed by atoms with Crippen LogP contribution in [0.3, 0.4) is 0 Å². The monoisotopic (exact) mass is 376 g/mol. The van der Waals surface area contributed by atoms with Gasteiger partial charge >= 0.3 is 5.97 Å². The van der Waals surface area contributed by atoms with Crippen molar-refractivity contribution < 1.29 is 14.6 Å². The van der Waals surface area contributed by atoms with Gasteiger partial charge in [-0.2, -0.15) is 0 Å². The number of halogens is 1. The van der Waals surface area contributed by atoms with Gasteiger partial charge in [-0.25, -0.2) is 4.79 Å². The molecule has 0 aliphatic carbocycles. The molecular formula is C17H17BrN2O3. The van der Waals surface area contributed by atoms with Crippen molar-refractivity contribution in [1.82, 2.24) is 9.88 Å². The van der Waals surface area contributed by atoms with Crippen molar-refractivity contribution >= 4 is 21.9 Å². The standard InChI is InChI=1S/C17H17BrN2O3/c18-13-4-1-3-12(9-13)16-11-23-8-7-20(16)10-15-14(17(21)22)5-2-6-19-15/h1-6,9,16H,7-8,10-11H2,(H,21,22). The molecule has 1 fully saturated rings. The van der Waals surface area contributed by atoms with Crippen molar-refractivity contribution in [3.63, 3.8) is 0 Å². The molecule has 0 bridgehead atoms. The van der Waals surface area contributed by atoms with E-state index < -0.39 is 5.97 Å². The summed E-state index contributed by atoms with van der Waals surface area (Å²) in [6.07, 6.45) is 1.64. The van der Waals surface area contributed by atoms with Gasteiger partial charge in [0.1, 0.15) is 0 Å². The van der Waals surface area contributed by atoms with Crippen LogP contribution in [0.15, 0.2) is 47.1 Å². The normalized spacial score (nSPS) is 18.7. The highest BCUT2D eigenvalue weighted by Crippen LogP contribution is 2.28. The maximum atomic E-state index is 11.4. The molecule has 1 aliphatic rings. The second-order valence-electron chi connectivity index (χ2n) is 5.42. The Kier molecular flexibility index (Phi) is 5.05. The number of morpholine rings is 1. The molecule has 120 valence electrons. The largest absolute Gasteiger partial charge is 0.478 e. The SMILES string of the molecule is O=C(O)c1cccnc1CN1CCOCC1c1cccc(Br)c1. The Balaban J connectivity index is 1.87.